The van der Waals surface area contributed by atoms with Gasteiger partial charge in [0.05, 0.1) is 6.54 Å². The van der Waals surface area contributed by atoms with Crippen molar-refractivity contribution in [2.24, 2.45) is 5.92 Å². The van der Waals surface area contributed by atoms with E-state index < -0.39 is 24.2 Å². The summed E-state index contributed by atoms with van der Waals surface area (Å²) in [6, 6.07) is 0. The van der Waals surface area contributed by atoms with Gasteiger partial charge in [0.15, 0.2) is 0 Å². The number of nitrogens with zero attached hydrogens (tertiary/aromatic N) is 1. The third kappa shape index (κ3) is 3.94. The van der Waals surface area contributed by atoms with Gasteiger partial charge in [-0.1, -0.05) is 6.92 Å². The van der Waals surface area contributed by atoms with E-state index in [4.69, 9.17) is 4.74 Å². The first kappa shape index (κ1) is 13.2. The first-order valence-electron chi connectivity index (χ1n) is 5.45. The highest BCUT2D eigenvalue weighted by atomic mass is 19.3. The lowest BCUT2D eigenvalue weighted by Crippen LogP contribution is -2.50. The Bertz CT molecular complexity index is 274. The van der Waals surface area contributed by atoms with Crippen LogP contribution in [0.2, 0.25) is 0 Å². The van der Waals surface area contributed by atoms with Gasteiger partial charge in [-0.3, -0.25) is 0 Å². The van der Waals surface area contributed by atoms with Gasteiger partial charge < -0.3 is 9.64 Å². The molecule has 94 valence electrons. The second-order valence-electron chi connectivity index (χ2n) is 5.53. The third-order valence-electron chi connectivity index (χ3n) is 2.25. The SMILES string of the molecule is C[C@H]1CN(C(=O)OC(C)(C)C)CC(F)(F)C1. The number of carbonyl (C=O) groups excluding carboxylic acids is 1. The molecule has 0 unspecified atom stereocenters. The molecule has 0 saturated carbocycles. The fourth-order valence-corrected chi connectivity index (χ4v) is 1.82. The monoisotopic (exact) mass is 235 g/mol. The van der Waals surface area contributed by atoms with E-state index in [1.165, 1.54) is 0 Å². The fraction of sp³-hybridized carbons (Fsp3) is 0.909. The number of piperidine rings is 1. The molecule has 0 aromatic carbocycles. The standard InChI is InChI=1S/C11H19F2NO2/c1-8-5-11(12,13)7-14(6-8)9(15)16-10(2,3)4/h8H,5-7H2,1-4H3/t8-/m1/s1. The predicted molar refractivity (Wildman–Crippen MR) is 56.5 cm³/mol. The zero-order chi connectivity index (χ0) is 12.6. The molecule has 0 radical (unpaired) electrons. The maximum Gasteiger partial charge on any atom is 0.410 e. The zero-order valence-corrected chi connectivity index (χ0v) is 10.2. The van der Waals surface area contributed by atoms with Crippen molar-refractivity contribution in [1.82, 2.24) is 4.90 Å². The van der Waals surface area contributed by atoms with Crippen LogP contribution in [0.3, 0.4) is 0 Å². The van der Waals surface area contributed by atoms with Crippen molar-refractivity contribution >= 4 is 6.09 Å². The highest BCUT2D eigenvalue weighted by molar-refractivity contribution is 5.68. The molecule has 0 spiro atoms. The average Bonchev–Trinajstić information content (AvgIpc) is 1.96. The van der Waals surface area contributed by atoms with Crippen molar-refractivity contribution < 1.29 is 18.3 Å². The van der Waals surface area contributed by atoms with E-state index in [2.05, 4.69) is 0 Å². The lowest BCUT2D eigenvalue weighted by atomic mass is 9.97. The maximum atomic E-state index is 13.2. The molecule has 0 bridgehead atoms. The van der Waals surface area contributed by atoms with Gasteiger partial charge in [0.1, 0.15) is 5.60 Å². The van der Waals surface area contributed by atoms with Crippen molar-refractivity contribution in [3.8, 4) is 0 Å². The van der Waals surface area contributed by atoms with Crippen molar-refractivity contribution in [1.29, 1.82) is 0 Å². The van der Waals surface area contributed by atoms with E-state index in [1.807, 2.05) is 0 Å². The van der Waals surface area contributed by atoms with E-state index in [0.29, 0.717) is 6.54 Å². The second kappa shape index (κ2) is 4.18. The van der Waals surface area contributed by atoms with Crippen LogP contribution in [0, 0.1) is 5.92 Å². The molecule has 1 rings (SSSR count). The maximum absolute atomic E-state index is 13.2. The van der Waals surface area contributed by atoms with Crippen molar-refractivity contribution in [3.05, 3.63) is 0 Å². The molecule has 1 heterocycles. The Labute approximate surface area is 94.7 Å². The lowest BCUT2D eigenvalue weighted by molar-refractivity contribution is -0.0839. The number of likely N-dealkylation sites (tertiary alicyclic amines) is 1. The third-order valence-corrected chi connectivity index (χ3v) is 2.25. The van der Waals surface area contributed by atoms with Crippen molar-refractivity contribution in [2.75, 3.05) is 13.1 Å². The number of alkyl halides is 2. The molecule has 0 aromatic heterocycles. The van der Waals surface area contributed by atoms with Gasteiger partial charge >= 0.3 is 6.09 Å². The van der Waals surface area contributed by atoms with Crippen LogP contribution < -0.4 is 0 Å². The lowest BCUT2D eigenvalue weighted by Gasteiger charge is -2.36. The van der Waals surface area contributed by atoms with Gasteiger partial charge in [0, 0.05) is 13.0 Å². The summed E-state index contributed by atoms with van der Waals surface area (Å²) in [6.45, 7) is 6.67. The van der Waals surface area contributed by atoms with Crippen molar-refractivity contribution in [2.45, 2.75) is 45.6 Å². The highest BCUT2D eigenvalue weighted by Gasteiger charge is 2.41. The van der Waals surface area contributed by atoms with Crippen LogP contribution >= 0.6 is 0 Å². The molecule has 5 heteroatoms. The van der Waals surface area contributed by atoms with Crippen LogP contribution in [0.25, 0.3) is 0 Å². The van der Waals surface area contributed by atoms with Gasteiger partial charge in [-0.25, -0.2) is 13.6 Å². The first-order valence-corrected chi connectivity index (χ1v) is 5.45. The van der Waals surface area contributed by atoms with Crippen LogP contribution in [0.5, 0.6) is 0 Å². The molecule has 1 saturated heterocycles. The van der Waals surface area contributed by atoms with Gasteiger partial charge in [-0.05, 0) is 26.7 Å². The topological polar surface area (TPSA) is 29.5 Å². The Kier molecular flexibility index (Phi) is 3.45. The molecule has 0 aromatic rings. The van der Waals surface area contributed by atoms with Crippen LogP contribution in [0.1, 0.15) is 34.1 Å². The largest absolute Gasteiger partial charge is 0.444 e. The summed E-state index contributed by atoms with van der Waals surface area (Å²) in [7, 11) is 0. The molecular formula is C11H19F2NO2. The summed E-state index contributed by atoms with van der Waals surface area (Å²) in [5, 5.41) is 0. The Hall–Kier alpha value is -0.870. The minimum atomic E-state index is -2.80. The average molecular weight is 235 g/mol. The quantitative estimate of drug-likeness (QED) is 0.646. The number of amides is 1. The summed E-state index contributed by atoms with van der Waals surface area (Å²) in [4.78, 5) is 12.7. The number of halogens is 2. The molecule has 1 fully saturated rings. The van der Waals surface area contributed by atoms with Crippen molar-refractivity contribution in [3.63, 3.8) is 0 Å². The number of hydrogen-bond donors (Lipinski definition) is 0. The number of hydrogen-bond acceptors (Lipinski definition) is 2. The van der Waals surface area contributed by atoms with Gasteiger partial charge in [0.25, 0.3) is 5.92 Å². The van der Waals surface area contributed by atoms with Gasteiger partial charge in [-0.15, -0.1) is 0 Å². The number of ether oxygens (including phenoxy) is 1. The molecule has 1 aliphatic rings. The Morgan fingerprint density at radius 3 is 2.44 bits per heavy atom. The molecule has 0 aliphatic carbocycles. The molecule has 1 aliphatic heterocycles. The summed E-state index contributed by atoms with van der Waals surface area (Å²) in [5.74, 6) is -2.99. The fourth-order valence-electron chi connectivity index (χ4n) is 1.82. The van der Waals surface area contributed by atoms with Crippen LogP contribution in [0.4, 0.5) is 13.6 Å². The van der Waals surface area contributed by atoms with E-state index in [-0.39, 0.29) is 12.3 Å². The predicted octanol–water partition coefficient (Wildman–Crippen LogP) is 2.90. The Morgan fingerprint density at radius 2 is 2.00 bits per heavy atom. The van der Waals surface area contributed by atoms with Crippen LogP contribution in [-0.2, 0) is 4.74 Å². The Balaban J connectivity index is 2.63. The van der Waals surface area contributed by atoms with E-state index in [0.717, 1.165) is 4.90 Å². The second-order valence-corrected chi connectivity index (χ2v) is 5.53. The minimum absolute atomic E-state index is 0.160. The molecule has 1 atom stereocenters. The number of rotatable bonds is 0. The molecule has 0 N–H and O–H groups in total. The summed E-state index contributed by atoms with van der Waals surface area (Å²) in [6.07, 6.45) is -0.814. The van der Waals surface area contributed by atoms with Gasteiger partial charge in [-0.2, -0.15) is 0 Å². The highest BCUT2D eigenvalue weighted by Crippen LogP contribution is 2.30. The minimum Gasteiger partial charge on any atom is -0.444 e. The summed E-state index contributed by atoms with van der Waals surface area (Å²) >= 11 is 0. The summed E-state index contributed by atoms with van der Waals surface area (Å²) in [5.41, 5.74) is -0.646. The van der Waals surface area contributed by atoms with Gasteiger partial charge in [0.2, 0.25) is 0 Å². The molecule has 1 amide bonds. The summed E-state index contributed by atoms with van der Waals surface area (Å²) < 4.78 is 31.6. The normalized spacial score (nSPS) is 25.4. The first-order chi connectivity index (χ1) is 7.09. The zero-order valence-electron chi connectivity index (χ0n) is 10.2. The molecule has 16 heavy (non-hydrogen) atoms. The molecular weight excluding hydrogens is 216 g/mol. The molecule has 3 nitrogen and oxygen atoms in total. The van der Waals surface area contributed by atoms with E-state index in [9.17, 15) is 13.6 Å². The van der Waals surface area contributed by atoms with Crippen LogP contribution in [-0.4, -0.2) is 35.6 Å². The Morgan fingerprint density at radius 1 is 1.44 bits per heavy atom. The van der Waals surface area contributed by atoms with Crippen LogP contribution in [0.15, 0.2) is 0 Å². The van der Waals surface area contributed by atoms with E-state index >= 15 is 0 Å². The number of carbonyl (C=O) groups is 1. The smallest absolute Gasteiger partial charge is 0.410 e. The van der Waals surface area contributed by atoms with E-state index in [1.54, 1.807) is 27.7 Å².